The maximum Gasteiger partial charge on any atom is 0.270 e. The SMILES string of the molecule is C[C@@H]([CH]NCC(C)(O)CS(=O)(=O)c1cccc([N+](=O)[O-])c1)Cc1ccccc1. The lowest BCUT2D eigenvalue weighted by Crippen LogP contribution is -2.43. The monoisotopic (exact) mass is 405 g/mol. The number of nitrogens with zero attached hydrogens (tertiary/aromatic N) is 1. The molecule has 2 aromatic carbocycles. The van der Waals surface area contributed by atoms with E-state index in [4.69, 9.17) is 0 Å². The van der Waals surface area contributed by atoms with E-state index in [1.165, 1.54) is 30.7 Å². The standard InChI is InChI=1S/C20H25N2O5S/c1-16(11-17-7-4-3-5-8-17)13-21-14-20(2,23)15-28(26,27)19-10-6-9-18(12-19)22(24)25/h3-10,12-13,16,21,23H,11,14-15H2,1-2H3/t16-,20?/m1/s1. The van der Waals surface area contributed by atoms with Crippen LogP contribution in [0.4, 0.5) is 5.69 Å². The van der Waals surface area contributed by atoms with Crippen molar-refractivity contribution < 1.29 is 18.4 Å². The smallest absolute Gasteiger partial charge is 0.270 e. The van der Waals surface area contributed by atoms with Gasteiger partial charge in [-0.1, -0.05) is 43.3 Å². The van der Waals surface area contributed by atoms with E-state index < -0.39 is 26.1 Å². The molecule has 1 radical (unpaired) electrons. The molecule has 151 valence electrons. The molecule has 0 amide bonds. The molecule has 0 aliphatic heterocycles. The molecule has 0 fully saturated rings. The minimum atomic E-state index is -3.88. The molecular formula is C20H25N2O5S. The Balaban J connectivity index is 1.91. The van der Waals surface area contributed by atoms with E-state index in [9.17, 15) is 23.6 Å². The first-order chi connectivity index (χ1) is 13.1. The van der Waals surface area contributed by atoms with Crippen molar-refractivity contribution in [2.24, 2.45) is 5.92 Å². The van der Waals surface area contributed by atoms with Crippen LogP contribution < -0.4 is 5.32 Å². The van der Waals surface area contributed by atoms with Gasteiger partial charge in [0.1, 0.15) is 0 Å². The Labute approximate surface area is 165 Å². The van der Waals surface area contributed by atoms with Crippen LogP contribution in [0.25, 0.3) is 0 Å². The maximum atomic E-state index is 12.5. The molecule has 0 aliphatic carbocycles. The quantitative estimate of drug-likeness (QED) is 0.465. The summed E-state index contributed by atoms with van der Waals surface area (Å²) in [6, 6.07) is 14.8. The van der Waals surface area contributed by atoms with Crippen LogP contribution in [-0.4, -0.2) is 36.3 Å². The van der Waals surface area contributed by atoms with Crippen LogP contribution in [0.15, 0.2) is 59.5 Å². The fraction of sp³-hybridized carbons (Fsp3) is 0.350. The zero-order valence-corrected chi connectivity index (χ0v) is 16.7. The predicted octanol–water partition coefficient (Wildman–Crippen LogP) is 2.75. The first-order valence-electron chi connectivity index (χ1n) is 8.89. The van der Waals surface area contributed by atoms with Gasteiger partial charge in [-0.15, -0.1) is 0 Å². The average molecular weight is 405 g/mol. The third kappa shape index (κ3) is 6.70. The van der Waals surface area contributed by atoms with Gasteiger partial charge in [0.2, 0.25) is 0 Å². The Bertz CT molecular complexity index is 898. The number of aliphatic hydroxyl groups is 1. The van der Waals surface area contributed by atoms with Gasteiger partial charge in [0.15, 0.2) is 9.84 Å². The molecule has 8 heteroatoms. The molecule has 0 saturated carbocycles. The van der Waals surface area contributed by atoms with Crippen LogP contribution in [0.1, 0.15) is 19.4 Å². The Morgan fingerprint density at radius 1 is 1.21 bits per heavy atom. The fourth-order valence-corrected chi connectivity index (χ4v) is 4.53. The van der Waals surface area contributed by atoms with Gasteiger partial charge in [-0.3, -0.25) is 10.1 Å². The molecule has 0 heterocycles. The normalized spacial score (nSPS) is 15.0. The van der Waals surface area contributed by atoms with Gasteiger partial charge in [0.05, 0.1) is 21.2 Å². The van der Waals surface area contributed by atoms with Gasteiger partial charge >= 0.3 is 0 Å². The second-order valence-corrected chi connectivity index (χ2v) is 9.21. The molecule has 7 nitrogen and oxygen atoms in total. The second kappa shape index (κ2) is 9.27. The minimum Gasteiger partial charge on any atom is -0.388 e. The summed E-state index contributed by atoms with van der Waals surface area (Å²) < 4.78 is 25.1. The van der Waals surface area contributed by atoms with Crippen LogP contribution in [-0.2, 0) is 16.3 Å². The van der Waals surface area contributed by atoms with E-state index in [0.29, 0.717) is 0 Å². The highest BCUT2D eigenvalue weighted by molar-refractivity contribution is 7.91. The van der Waals surface area contributed by atoms with Crippen LogP contribution in [0.5, 0.6) is 0 Å². The van der Waals surface area contributed by atoms with Crippen molar-refractivity contribution in [1.82, 2.24) is 5.32 Å². The summed E-state index contributed by atoms with van der Waals surface area (Å²) in [5, 5.41) is 24.3. The van der Waals surface area contributed by atoms with Gasteiger partial charge in [-0.2, -0.15) is 0 Å². The molecule has 2 N–H and O–H groups in total. The molecular weight excluding hydrogens is 380 g/mol. The summed E-state index contributed by atoms with van der Waals surface area (Å²) in [6.45, 7) is 5.32. The van der Waals surface area contributed by atoms with E-state index in [1.54, 1.807) is 0 Å². The highest BCUT2D eigenvalue weighted by Gasteiger charge is 2.30. The van der Waals surface area contributed by atoms with Crippen molar-refractivity contribution in [1.29, 1.82) is 0 Å². The number of nitro groups is 1. The van der Waals surface area contributed by atoms with Crippen LogP contribution >= 0.6 is 0 Å². The lowest BCUT2D eigenvalue weighted by molar-refractivity contribution is -0.385. The Hall–Kier alpha value is -2.29. The average Bonchev–Trinajstić information content (AvgIpc) is 2.61. The Kier molecular flexibility index (Phi) is 7.29. The van der Waals surface area contributed by atoms with Crippen molar-refractivity contribution in [2.75, 3.05) is 12.3 Å². The number of nitro benzene ring substituents is 1. The number of hydrogen-bond acceptors (Lipinski definition) is 6. The summed E-state index contributed by atoms with van der Waals surface area (Å²) in [7, 11) is -3.88. The van der Waals surface area contributed by atoms with Crippen molar-refractivity contribution >= 4 is 15.5 Å². The van der Waals surface area contributed by atoms with Gasteiger partial charge < -0.3 is 10.4 Å². The molecule has 2 aromatic rings. The number of rotatable bonds is 10. The van der Waals surface area contributed by atoms with Gasteiger partial charge in [-0.25, -0.2) is 8.42 Å². The van der Waals surface area contributed by atoms with Crippen molar-refractivity contribution in [3.05, 3.63) is 76.8 Å². The van der Waals surface area contributed by atoms with E-state index in [-0.39, 0.29) is 23.0 Å². The zero-order chi connectivity index (χ0) is 20.8. The molecule has 2 atom stereocenters. The third-order valence-electron chi connectivity index (χ3n) is 4.17. The second-order valence-electron chi connectivity index (χ2n) is 7.23. The maximum absolute atomic E-state index is 12.5. The fourth-order valence-electron chi connectivity index (χ4n) is 2.86. The van der Waals surface area contributed by atoms with Crippen molar-refractivity contribution in [3.8, 4) is 0 Å². The Morgan fingerprint density at radius 3 is 2.54 bits per heavy atom. The summed E-state index contributed by atoms with van der Waals surface area (Å²) in [5.41, 5.74) is -0.651. The van der Waals surface area contributed by atoms with E-state index in [0.717, 1.165) is 12.5 Å². The first kappa shape index (κ1) is 22.0. The number of benzene rings is 2. The Morgan fingerprint density at radius 2 is 1.89 bits per heavy atom. The number of nitrogens with one attached hydrogen (secondary N) is 1. The molecule has 2 rings (SSSR count). The van der Waals surface area contributed by atoms with Crippen LogP contribution in [0.3, 0.4) is 0 Å². The summed E-state index contributed by atoms with van der Waals surface area (Å²) in [5.74, 6) is -0.360. The highest BCUT2D eigenvalue weighted by atomic mass is 32.2. The third-order valence-corrected chi connectivity index (χ3v) is 6.15. The number of sulfone groups is 1. The molecule has 0 aliphatic rings. The molecule has 0 saturated heterocycles. The van der Waals surface area contributed by atoms with Crippen molar-refractivity contribution in [2.45, 2.75) is 30.8 Å². The molecule has 0 aromatic heterocycles. The number of non-ortho nitro benzene ring substituents is 1. The molecule has 28 heavy (non-hydrogen) atoms. The first-order valence-corrected chi connectivity index (χ1v) is 10.5. The lowest BCUT2D eigenvalue weighted by atomic mass is 10.0. The van der Waals surface area contributed by atoms with E-state index >= 15 is 0 Å². The molecule has 0 bridgehead atoms. The van der Waals surface area contributed by atoms with Gasteiger partial charge in [-0.05, 0) is 30.9 Å². The molecule has 0 spiro atoms. The van der Waals surface area contributed by atoms with E-state index in [1.807, 2.05) is 43.8 Å². The summed E-state index contributed by atoms with van der Waals surface area (Å²) in [4.78, 5) is 10.0. The van der Waals surface area contributed by atoms with Crippen LogP contribution in [0.2, 0.25) is 0 Å². The predicted molar refractivity (Wildman–Crippen MR) is 107 cm³/mol. The lowest BCUT2D eigenvalue weighted by Gasteiger charge is -2.24. The summed E-state index contributed by atoms with van der Waals surface area (Å²) >= 11 is 0. The largest absolute Gasteiger partial charge is 0.388 e. The van der Waals surface area contributed by atoms with Crippen molar-refractivity contribution in [3.63, 3.8) is 0 Å². The van der Waals surface area contributed by atoms with Gasteiger partial charge in [0.25, 0.3) is 5.69 Å². The van der Waals surface area contributed by atoms with Crippen LogP contribution in [0, 0.1) is 22.6 Å². The topological polar surface area (TPSA) is 110 Å². The number of hydrogen-bond donors (Lipinski definition) is 2. The highest BCUT2D eigenvalue weighted by Crippen LogP contribution is 2.21. The zero-order valence-electron chi connectivity index (χ0n) is 15.9. The van der Waals surface area contributed by atoms with E-state index in [2.05, 4.69) is 5.32 Å². The minimum absolute atomic E-state index is 0.0420. The van der Waals surface area contributed by atoms with Gasteiger partial charge in [0, 0.05) is 25.2 Å². The molecule has 1 unspecified atom stereocenters. The summed E-state index contributed by atoms with van der Waals surface area (Å²) in [6.07, 6.45) is 0.821.